The van der Waals surface area contributed by atoms with Crippen LogP contribution in [0.2, 0.25) is 13.1 Å². The fourth-order valence-corrected chi connectivity index (χ4v) is 10.8. The molecule has 2 amide bonds. The molecule has 9 heteroatoms. The van der Waals surface area contributed by atoms with Crippen LogP contribution < -0.4 is 30.4 Å². The monoisotopic (exact) mass is 647 g/mol. The molecule has 0 aliphatic carbocycles. The van der Waals surface area contributed by atoms with E-state index in [0.29, 0.717) is 37.1 Å². The summed E-state index contributed by atoms with van der Waals surface area (Å²) in [6, 6.07) is 17.7. The molecule has 0 aromatic heterocycles. The van der Waals surface area contributed by atoms with E-state index in [9.17, 15) is 14.4 Å². The second-order valence-electron chi connectivity index (χ2n) is 14.0. The number of likely N-dealkylation sites (N-methyl/N-ethyl adjacent to an activating group) is 2. The lowest BCUT2D eigenvalue weighted by Crippen LogP contribution is -2.64. The molecule has 0 bridgehead atoms. The lowest BCUT2D eigenvalue weighted by molar-refractivity contribution is -0.186. The van der Waals surface area contributed by atoms with Crippen LogP contribution in [-0.4, -0.2) is 76.6 Å². The van der Waals surface area contributed by atoms with Gasteiger partial charge in [0.25, 0.3) is 11.8 Å². The van der Waals surface area contributed by atoms with E-state index in [1.807, 2.05) is 18.2 Å². The van der Waals surface area contributed by atoms with Gasteiger partial charge in [-0.15, -0.1) is 5.06 Å². The van der Waals surface area contributed by atoms with Crippen LogP contribution in [0.25, 0.3) is 5.57 Å². The van der Waals surface area contributed by atoms with Crippen LogP contribution in [0.1, 0.15) is 58.3 Å². The Bertz CT molecular complexity index is 2000. The van der Waals surface area contributed by atoms with Crippen molar-refractivity contribution in [2.45, 2.75) is 51.6 Å². The van der Waals surface area contributed by atoms with Crippen molar-refractivity contribution in [3.05, 3.63) is 99.2 Å². The van der Waals surface area contributed by atoms with Crippen LogP contribution in [0.3, 0.4) is 0 Å². The first-order chi connectivity index (χ1) is 22.5. The van der Waals surface area contributed by atoms with Crippen molar-refractivity contribution in [3.8, 4) is 0 Å². The molecular weight excluding hydrogens is 605 g/mol. The van der Waals surface area contributed by atoms with Gasteiger partial charge < -0.3 is 14.6 Å². The van der Waals surface area contributed by atoms with Gasteiger partial charge >= 0.3 is 5.97 Å². The van der Waals surface area contributed by atoms with E-state index in [4.69, 9.17) is 4.84 Å². The largest absolute Gasteiger partial charge is 0.374 e. The Morgan fingerprint density at radius 2 is 1.79 bits per heavy atom. The molecule has 0 saturated carbocycles. The minimum atomic E-state index is -2.11. The Morgan fingerprint density at radius 3 is 2.55 bits per heavy atom. The summed E-state index contributed by atoms with van der Waals surface area (Å²) in [4.78, 5) is 48.0. The Hall–Kier alpha value is -4.50. The van der Waals surface area contributed by atoms with Crippen LogP contribution >= 0.6 is 0 Å². The fraction of sp³-hybridized carbons (Fsp3) is 0.368. The molecule has 4 aliphatic rings. The first-order valence-corrected chi connectivity index (χ1v) is 19.7. The zero-order chi connectivity index (χ0) is 33.2. The van der Waals surface area contributed by atoms with Crippen molar-refractivity contribution in [1.29, 1.82) is 0 Å². The number of hydroxylamine groups is 2. The topological polar surface area (TPSA) is 73.2 Å². The zero-order valence-electron chi connectivity index (χ0n) is 28.1. The molecule has 0 unspecified atom stereocenters. The predicted molar refractivity (Wildman–Crippen MR) is 187 cm³/mol. The number of allylic oxidation sites excluding steroid dienone is 1. The summed E-state index contributed by atoms with van der Waals surface area (Å²) in [7, 11) is 4.04. The van der Waals surface area contributed by atoms with Crippen molar-refractivity contribution in [3.63, 3.8) is 0 Å². The van der Waals surface area contributed by atoms with Gasteiger partial charge in [0.1, 0.15) is 21.7 Å². The van der Waals surface area contributed by atoms with Gasteiger partial charge in [-0.1, -0.05) is 37.9 Å². The highest BCUT2D eigenvalue weighted by molar-refractivity contribution is 7.01. The lowest BCUT2D eigenvalue weighted by atomic mass is 9.89. The summed E-state index contributed by atoms with van der Waals surface area (Å²) in [6.07, 6.45) is 3.33. The molecule has 4 aliphatic heterocycles. The molecule has 0 radical (unpaired) electrons. The second-order valence-corrected chi connectivity index (χ2v) is 18.3. The smallest absolute Gasteiger partial charge is 0.333 e. The number of hydrogen-bond donors (Lipinski definition) is 0. The van der Waals surface area contributed by atoms with Gasteiger partial charge in [0.05, 0.1) is 5.70 Å². The van der Waals surface area contributed by atoms with Crippen LogP contribution in [0.5, 0.6) is 0 Å². The molecule has 1 fully saturated rings. The van der Waals surface area contributed by atoms with E-state index >= 15 is 0 Å². The van der Waals surface area contributed by atoms with Gasteiger partial charge in [0.2, 0.25) is 5.36 Å². The maximum atomic E-state index is 14.2. The van der Waals surface area contributed by atoms with Crippen LogP contribution in [0, 0.1) is 0 Å². The van der Waals surface area contributed by atoms with E-state index in [1.54, 1.807) is 11.9 Å². The number of nitrogens with zero attached hydrogens (tertiary/aromatic N) is 4. The maximum absolute atomic E-state index is 14.2. The van der Waals surface area contributed by atoms with Gasteiger partial charge in [0.15, 0.2) is 0 Å². The number of amides is 2. The zero-order valence-corrected chi connectivity index (χ0v) is 29.1. The number of carbonyl (C=O) groups is 3. The normalized spacial score (nSPS) is 17.5. The molecule has 0 atom stereocenters. The third kappa shape index (κ3) is 5.21. The third-order valence-corrected chi connectivity index (χ3v) is 14.1. The molecule has 0 spiro atoms. The first-order valence-electron chi connectivity index (χ1n) is 16.7. The second kappa shape index (κ2) is 11.6. The van der Waals surface area contributed by atoms with Crippen LogP contribution in [0.4, 0.5) is 5.69 Å². The summed E-state index contributed by atoms with van der Waals surface area (Å²) in [5.41, 5.74) is 8.56. The minimum Gasteiger partial charge on any atom is -0.374 e. The first kappa shape index (κ1) is 31.1. The van der Waals surface area contributed by atoms with Crippen molar-refractivity contribution >= 4 is 47.5 Å². The summed E-state index contributed by atoms with van der Waals surface area (Å²) >= 11 is 0. The Labute approximate surface area is 277 Å². The fourth-order valence-electron chi connectivity index (χ4n) is 7.77. The molecule has 3 aromatic carbocycles. The number of carbonyl (C=O) groups excluding carboxylic acids is 3. The highest BCUT2D eigenvalue weighted by Crippen LogP contribution is 2.34. The van der Waals surface area contributed by atoms with E-state index in [2.05, 4.69) is 73.6 Å². The van der Waals surface area contributed by atoms with Crippen LogP contribution in [0.15, 0.2) is 60.8 Å². The average Bonchev–Trinajstić information content (AvgIpc) is 3.71. The molecule has 7 rings (SSSR count). The van der Waals surface area contributed by atoms with E-state index < -0.39 is 14.0 Å². The number of rotatable bonds is 7. The number of anilines is 1. The summed E-state index contributed by atoms with van der Waals surface area (Å²) in [5.74, 6) is -0.844. The van der Waals surface area contributed by atoms with Crippen molar-refractivity contribution in [2.24, 2.45) is 0 Å². The van der Waals surface area contributed by atoms with Gasteiger partial charge in [-0.05, 0) is 81.4 Å². The summed E-state index contributed by atoms with van der Waals surface area (Å²) < 4.78 is 2.37. The van der Waals surface area contributed by atoms with E-state index in [0.717, 1.165) is 42.1 Å². The van der Waals surface area contributed by atoms with Crippen molar-refractivity contribution < 1.29 is 19.2 Å². The average molecular weight is 648 g/mol. The predicted octanol–water partition coefficient (Wildman–Crippen LogP) is 2.19. The Kier molecular flexibility index (Phi) is 7.70. The van der Waals surface area contributed by atoms with Gasteiger partial charge in [-0.3, -0.25) is 9.59 Å². The molecular formula is C38H43N4O4Si+. The summed E-state index contributed by atoms with van der Waals surface area (Å²) in [5, 5.41) is 6.43. The molecule has 3 aromatic rings. The molecule has 4 heterocycles. The highest BCUT2D eigenvalue weighted by Gasteiger charge is 2.39. The van der Waals surface area contributed by atoms with Gasteiger partial charge in [-0.25, -0.2) is 9.37 Å². The molecule has 0 N–H and O–H groups in total. The van der Waals surface area contributed by atoms with Crippen molar-refractivity contribution in [2.75, 3.05) is 45.7 Å². The Morgan fingerprint density at radius 1 is 1.00 bits per heavy atom. The van der Waals surface area contributed by atoms with Gasteiger partial charge in [0, 0.05) is 69.3 Å². The number of benzene rings is 3. The molecule has 47 heavy (non-hydrogen) atoms. The van der Waals surface area contributed by atoms with Crippen molar-refractivity contribution in [1.82, 2.24) is 14.5 Å². The van der Waals surface area contributed by atoms with E-state index in [1.165, 1.54) is 43.3 Å². The molecule has 1 saturated heterocycles. The lowest BCUT2D eigenvalue weighted by Gasteiger charge is -2.34. The maximum Gasteiger partial charge on any atom is 0.333 e. The molecule has 8 nitrogen and oxygen atoms in total. The molecule has 242 valence electrons. The van der Waals surface area contributed by atoms with Gasteiger partial charge in [-0.2, -0.15) is 0 Å². The standard InChI is InChI=1S/C38H43N4O4Si/c1-24-13-14-35(43)42(24)46-36(44)12-9-17-41(4)38(45)28-11-8-7-10-27(28)37-29-20-25-15-18-39(2)31(25)22-33(29)47(5,6)34-23-32-26(21-30(34)37)16-19-40(32)3/h7-8,10-11,20-23H,1,9,12-19H2,2-6H3/q+1. The summed E-state index contributed by atoms with van der Waals surface area (Å²) in [6.45, 7) is 11.1. The quantitative estimate of drug-likeness (QED) is 0.291. The minimum absolute atomic E-state index is 0.0865. The van der Waals surface area contributed by atoms with E-state index in [-0.39, 0.29) is 18.2 Å². The SMILES string of the molecule is C=C1CCC(=O)N1OC(=O)CCCN(C)C(=O)c1ccccc1C1=c2cc3c(cc2[Si](C)(C)c2cc4c(cc21)CCN4C)=[N+](C)CC3. The third-order valence-electron chi connectivity index (χ3n) is 10.6. The highest BCUT2D eigenvalue weighted by atomic mass is 28.3. The number of fused-ring (bicyclic) bond motifs is 4. The van der Waals surface area contributed by atoms with Crippen LogP contribution in [-0.2, 0) is 27.3 Å². The Balaban J connectivity index is 1.27. The number of hydrogen-bond acceptors (Lipinski definition) is 5.